The Hall–Kier alpha value is -2.34. The summed E-state index contributed by atoms with van der Waals surface area (Å²) in [5.74, 6) is 0.649. The lowest BCUT2D eigenvalue weighted by atomic mass is 9.94. The highest BCUT2D eigenvalue weighted by Crippen LogP contribution is 2.29. The van der Waals surface area contributed by atoms with Gasteiger partial charge in [-0.05, 0) is 42.9 Å². The van der Waals surface area contributed by atoms with E-state index in [0.29, 0.717) is 18.1 Å². The highest BCUT2D eigenvalue weighted by molar-refractivity contribution is 6.33. The lowest BCUT2D eigenvalue weighted by Gasteiger charge is -2.19. The number of anilines is 1. The fraction of sp³-hybridized carbons (Fsp3) is 0.421. The number of ether oxygens (including phenoxy) is 1. The molecule has 7 heteroatoms. The number of nitrogens with zero attached hydrogens (tertiary/aromatic N) is 3. The van der Waals surface area contributed by atoms with Crippen LogP contribution < -0.4 is 15.2 Å². The molecular formula is C19H21ClN4O2. The third-order valence-electron chi connectivity index (χ3n) is 4.95. The molecule has 1 N–H and O–H groups in total. The first-order valence-electron chi connectivity index (χ1n) is 9.01. The molecule has 1 atom stereocenters. The quantitative estimate of drug-likeness (QED) is 0.890. The normalized spacial score (nSPS) is 20.1. The number of H-pyrrole nitrogens is 1. The van der Waals surface area contributed by atoms with Gasteiger partial charge in [-0.1, -0.05) is 17.7 Å². The Kier molecular flexibility index (Phi) is 4.93. The van der Waals surface area contributed by atoms with E-state index in [-0.39, 0.29) is 16.7 Å². The van der Waals surface area contributed by atoms with Crippen LogP contribution in [0.3, 0.4) is 0 Å². The molecule has 0 amide bonds. The first kappa shape index (κ1) is 17.1. The molecule has 1 fully saturated rings. The molecule has 0 saturated carbocycles. The average molecular weight is 373 g/mol. The van der Waals surface area contributed by atoms with Crippen LogP contribution >= 0.6 is 11.6 Å². The molecule has 1 saturated heterocycles. The van der Waals surface area contributed by atoms with Crippen molar-refractivity contribution in [1.82, 2.24) is 15.2 Å². The molecule has 6 nitrogen and oxygen atoms in total. The summed E-state index contributed by atoms with van der Waals surface area (Å²) in [4.78, 5) is 18.0. The van der Waals surface area contributed by atoms with Crippen molar-refractivity contribution >= 4 is 22.9 Å². The summed E-state index contributed by atoms with van der Waals surface area (Å²) in [6.45, 7) is 1.42. The molecule has 4 rings (SSSR count). The summed E-state index contributed by atoms with van der Waals surface area (Å²) < 4.78 is 6.10. The Morgan fingerprint density at radius 2 is 2.27 bits per heavy atom. The fourth-order valence-corrected chi connectivity index (χ4v) is 3.79. The van der Waals surface area contributed by atoms with Crippen molar-refractivity contribution in [1.29, 1.82) is 0 Å². The Bertz CT molecular complexity index is 880. The van der Waals surface area contributed by atoms with Crippen LogP contribution in [0.5, 0.6) is 5.88 Å². The average Bonchev–Trinajstić information content (AvgIpc) is 3.13. The SMILES string of the molecule is O=c1[nH]ncc(N2CC[C@@H](Oc3cc(C4=CCCCC4)ccn3)C2)c1Cl. The number of hydrogen-bond donors (Lipinski definition) is 1. The number of hydrogen-bond acceptors (Lipinski definition) is 5. The van der Waals surface area contributed by atoms with Crippen LogP contribution in [0.4, 0.5) is 5.69 Å². The van der Waals surface area contributed by atoms with E-state index in [9.17, 15) is 4.79 Å². The number of rotatable bonds is 4. The molecule has 2 aromatic rings. The molecule has 26 heavy (non-hydrogen) atoms. The zero-order chi connectivity index (χ0) is 17.9. The number of nitrogens with one attached hydrogen (secondary N) is 1. The second-order valence-electron chi connectivity index (χ2n) is 6.73. The van der Waals surface area contributed by atoms with Gasteiger partial charge in [0.05, 0.1) is 18.4 Å². The van der Waals surface area contributed by atoms with E-state index in [1.165, 1.54) is 24.0 Å². The van der Waals surface area contributed by atoms with E-state index in [1.807, 2.05) is 23.2 Å². The Labute approximate surface area is 156 Å². The van der Waals surface area contributed by atoms with Gasteiger partial charge in [0.25, 0.3) is 5.56 Å². The Morgan fingerprint density at radius 1 is 1.35 bits per heavy atom. The minimum Gasteiger partial charge on any atom is -0.472 e. The van der Waals surface area contributed by atoms with E-state index in [1.54, 1.807) is 6.20 Å². The van der Waals surface area contributed by atoms with E-state index in [4.69, 9.17) is 16.3 Å². The predicted octanol–water partition coefficient (Wildman–Crippen LogP) is 3.43. The van der Waals surface area contributed by atoms with Gasteiger partial charge in [-0.3, -0.25) is 4.79 Å². The molecule has 136 valence electrons. The van der Waals surface area contributed by atoms with Gasteiger partial charge < -0.3 is 9.64 Å². The third-order valence-corrected chi connectivity index (χ3v) is 5.31. The largest absolute Gasteiger partial charge is 0.472 e. The van der Waals surface area contributed by atoms with Gasteiger partial charge in [-0.25, -0.2) is 10.1 Å². The third kappa shape index (κ3) is 3.60. The maximum atomic E-state index is 11.6. The Balaban J connectivity index is 1.45. The predicted molar refractivity (Wildman–Crippen MR) is 102 cm³/mol. The fourth-order valence-electron chi connectivity index (χ4n) is 3.58. The van der Waals surface area contributed by atoms with Crippen molar-refractivity contribution < 1.29 is 4.74 Å². The monoisotopic (exact) mass is 372 g/mol. The maximum absolute atomic E-state index is 11.6. The number of aromatic amines is 1. The second-order valence-corrected chi connectivity index (χ2v) is 7.11. The van der Waals surface area contributed by atoms with E-state index in [0.717, 1.165) is 25.8 Å². The zero-order valence-electron chi connectivity index (χ0n) is 14.4. The van der Waals surface area contributed by atoms with Gasteiger partial charge in [0.2, 0.25) is 5.88 Å². The van der Waals surface area contributed by atoms with Crippen molar-refractivity contribution in [3.63, 3.8) is 0 Å². The van der Waals surface area contributed by atoms with Crippen molar-refractivity contribution in [2.45, 2.75) is 38.2 Å². The summed E-state index contributed by atoms with van der Waals surface area (Å²) in [5.41, 5.74) is 2.86. The number of halogens is 1. The van der Waals surface area contributed by atoms with Crippen LogP contribution in [0.2, 0.25) is 5.02 Å². The maximum Gasteiger partial charge on any atom is 0.285 e. The zero-order valence-corrected chi connectivity index (χ0v) is 15.2. The molecular weight excluding hydrogens is 352 g/mol. The van der Waals surface area contributed by atoms with Crippen LogP contribution in [-0.4, -0.2) is 34.4 Å². The highest BCUT2D eigenvalue weighted by atomic mass is 35.5. The van der Waals surface area contributed by atoms with E-state index < -0.39 is 0 Å². The van der Waals surface area contributed by atoms with Crippen molar-refractivity contribution in [2.75, 3.05) is 18.0 Å². The molecule has 0 spiro atoms. The number of aromatic nitrogens is 3. The molecule has 1 aliphatic heterocycles. The van der Waals surface area contributed by atoms with Crippen molar-refractivity contribution in [3.05, 3.63) is 51.5 Å². The second kappa shape index (κ2) is 7.50. The van der Waals surface area contributed by atoms with Gasteiger partial charge in [0, 0.05) is 25.2 Å². The standard InChI is InChI=1S/C19H21ClN4O2/c20-18-16(11-22-23-19(18)25)24-9-7-15(12-24)26-17-10-14(6-8-21-17)13-4-2-1-3-5-13/h4,6,8,10-11,15H,1-3,5,7,9,12H2,(H,23,25)/t15-/m1/s1. The molecule has 2 aromatic heterocycles. The van der Waals surface area contributed by atoms with Gasteiger partial charge in [0.15, 0.2) is 0 Å². The van der Waals surface area contributed by atoms with Crippen LogP contribution in [0.25, 0.3) is 5.57 Å². The van der Waals surface area contributed by atoms with E-state index in [2.05, 4.69) is 21.3 Å². The molecule has 0 bridgehead atoms. The first-order chi connectivity index (χ1) is 12.7. The van der Waals surface area contributed by atoms with Gasteiger partial charge in [-0.15, -0.1) is 0 Å². The van der Waals surface area contributed by atoms with Crippen LogP contribution in [0.1, 0.15) is 37.7 Å². The van der Waals surface area contributed by atoms with Crippen LogP contribution in [0, 0.1) is 0 Å². The lowest BCUT2D eigenvalue weighted by molar-refractivity contribution is 0.216. The molecule has 0 aromatic carbocycles. The molecule has 1 aliphatic carbocycles. The number of allylic oxidation sites excluding steroid dienone is 2. The van der Waals surface area contributed by atoms with Crippen molar-refractivity contribution in [2.24, 2.45) is 0 Å². The summed E-state index contributed by atoms with van der Waals surface area (Å²) >= 11 is 6.10. The minimum atomic E-state index is -0.372. The van der Waals surface area contributed by atoms with Gasteiger partial charge in [0.1, 0.15) is 11.1 Å². The van der Waals surface area contributed by atoms with Gasteiger partial charge >= 0.3 is 0 Å². The summed E-state index contributed by atoms with van der Waals surface area (Å²) in [6, 6.07) is 4.08. The number of pyridine rings is 1. The highest BCUT2D eigenvalue weighted by Gasteiger charge is 2.27. The molecule has 2 aliphatic rings. The Morgan fingerprint density at radius 3 is 3.12 bits per heavy atom. The van der Waals surface area contributed by atoms with Crippen LogP contribution in [-0.2, 0) is 0 Å². The minimum absolute atomic E-state index is 0.00781. The topological polar surface area (TPSA) is 71.1 Å². The van der Waals surface area contributed by atoms with Crippen molar-refractivity contribution in [3.8, 4) is 5.88 Å². The first-order valence-corrected chi connectivity index (χ1v) is 9.39. The van der Waals surface area contributed by atoms with Gasteiger partial charge in [-0.2, -0.15) is 5.10 Å². The summed E-state index contributed by atoms with van der Waals surface area (Å²) in [5, 5.41) is 6.35. The summed E-state index contributed by atoms with van der Waals surface area (Å²) in [7, 11) is 0. The smallest absolute Gasteiger partial charge is 0.285 e. The molecule has 0 radical (unpaired) electrons. The molecule has 0 unspecified atom stereocenters. The van der Waals surface area contributed by atoms with Crippen LogP contribution in [0.15, 0.2) is 35.4 Å². The summed E-state index contributed by atoms with van der Waals surface area (Å²) in [6.07, 6.45) is 11.4. The van der Waals surface area contributed by atoms with E-state index >= 15 is 0 Å². The lowest BCUT2D eigenvalue weighted by Crippen LogP contribution is -2.26. The molecule has 3 heterocycles.